The lowest BCUT2D eigenvalue weighted by Crippen LogP contribution is -2.26. The van der Waals surface area contributed by atoms with Crippen molar-refractivity contribution in [3.05, 3.63) is 23.5 Å². The van der Waals surface area contributed by atoms with E-state index in [0.29, 0.717) is 12.0 Å². The number of sulfonamides is 1. The number of anilines is 1. The van der Waals surface area contributed by atoms with Gasteiger partial charge in [-0.05, 0) is 43.0 Å². The zero-order chi connectivity index (χ0) is 13.8. The zero-order valence-electron chi connectivity index (χ0n) is 10.4. The van der Waals surface area contributed by atoms with E-state index in [0.717, 1.165) is 17.9 Å². The van der Waals surface area contributed by atoms with Crippen LogP contribution in [0.5, 0.6) is 0 Å². The van der Waals surface area contributed by atoms with Gasteiger partial charge in [-0.15, -0.1) is 0 Å². The number of nitrogen functional groups attached to an aromatic ring is 1. The first-order valence-corrected chi connectivity index (χ1v) is 8.30. The van der Waals surface area contributed by atoms with E-state index in [2.05, 4.69) is 4.72 Å². The summed E-state index contributed by atoms with van der Waals surface area (Å²) < 4.78 is 39.7. The summed E-state index contributed by atoms with van der Waals surface area (Å²) in [5, 5.41) is 0. The molecule has 1 aromatic rings. The van der Waals surface area contributed by atoms with Crippen LogP contribution in [-0.2, 0) is 10.0 Å². The molecule has 0 atom stereocenters. The van der Waals surface area contributed by atoms with E-state index in [9.17, 15) is 12.8 Å². The second-order valence-corrected chi connectivity index (χ2v) is 6.60. The van der Waals surface area contributed by atoms with Crippen LogP contribution in [0.25, 0.3) is 0 Å². The van der Waals surface area contributed by atoms with Crippen LogP contribution >= 0.6 is 11.8 Å². The lowest BCUT2D eigenvalue weighted by atomic mass is 10.2. The molecule has 0 aliphatic heterocycles. The van der Waals surface area contributed by atoms with E-state index in [1.807, 2.05) is 6.26 Å². The second kappa shape index (κ2) is 6.40. The van der Waals surface area contributed by atoms with Crippen molar-refractivity contribution >= 4 is 27.5 Å². The second-order valence-electron chi connectivity index (χ2n) is 3.88. The summed E-state index contributed by atoms with van der Waals surface area (Å²) in [4.78, 5) is -0.394. The standard InChI is InChI=1S/C11H17FN2O2S2/c1-8-6-9(12)11(7-10(8)13)18(15,16)14-4-3-5-17-2/h6-7,14H,3-5,13H2,1-2H3. The number of nitrogens with one attached hydrogen (secondary N) is 1. The van der Waals surface area contributed by atoms with Gasteiger partial charge in [-0.25, -0.2) is 17.5 Å². The zero-order valence-corrected chi connectivity index (χ0v) is 12.0. The Labute approximate surface area is 111 Å². The maximum Gasteiger partial charge on any atom is 0.243 e. The molecule has 0 aliphatic rings. The van der Waals surface area contributed by atoms with Gasteiger partial charge in [-0.2, -0.15) is 11.8 Å². The fourth-order valence-electron chi connectivity index (χ4n) is 1.38. The molecule has 18 heavy (non-hydrogen) atoms. The van der Waals surface area contributed by atoms with Crippen molar-refractivity contribution in [2.75, 3.05) is 24.3 Å². The number of halogens is 1. The smallest absolute Gasteiger partial charge is 0.243 e. The van der Waals surface area contributed by atoms with Crippen molar-refractivity contribution in [2.24, 2.45) is 0 Å². The van der Waals surface area contributed by atoms with Crippen molar-refractivity contribution in [1.29, 1.82) is 0 Å². The van der Waals surface area contributed by atoms with Crippen LogP contribution in [0.1, 0.15) is 12.0 Å². The average Bonchev–Trinajstić information content (AvgIpc) is 2.29. The molecular weight excluding hydrogens is 275 g/mol. The molecule has 1 rings (SSSR count). The molecule has 0 heterocycles. The first-order chi connectivity index (χ1) is 8.38. The predicted octanol–water partition coefficient (Wildman–Crippen LogP) is 1.75. The summed E-state index contributed by atoms with van der Waals surface area (Å²) in [7, 11) is -3.82. The lowest BCUT2D eigenvalue weighted by Gasteiger charge is -2.09. The lowest BCUT2D eigenvalue weighted by molar-refractivity contribution is 0.556. The highest BCUT2D eigenvalue weighted by Crippen LogP contribution is 2.21. The van der Waals surface area contributed by atoms with Gasteiger partial charge in [0, 0.05) is 12.2 Å². The first kappa shape index (κ1) is 15.3. The Morgan fingerprint density at radius 3 is 2.72 bits per heavy atom. The quantitative estimate of drug-likeness (QED) is 0.619. The van der Waals surface area contributed by atoms with Crippen molar-refractivity contribution in [3.8, 4) is 0 Å². The number of hydrogen-bond acceptors (Lipinski definition) is 4. The van der Waals surface area contributed by atoms with Crippen molar-refractivity contribution in [3.63, 3.8) is 0 Å². The monoisotopic (exact) mass is 292 g/mol. The minimum atomic E-state index is -3.82. The number of hydrogen-bond donors (Lipinski definition) is 2. The minimum Gasteiger partial charge on any atom is -0.398 e. The third-order valence-electron chi connectivity index (χ3n) is 2.43. The molecule has 102 valence electrons. The van der Waals surface area contributed by atoms with Gasteiger partial charge in [0.15, 0.2) is 0 Å². The highest BCUT2D eigenvalue weighted by molar-refractivity contribution is 7.98. The summed E-state index contributed by atoms with van der Waals surface area (Å²) in [5.41, 5.74) is 6.39. The summed E-state index contributed by atoms with van der Waals surface area (Å²) in [5.74, 6) is 0.0696. The van der Waals surface area contributed by atoms with Gasteiger partial charge in [0.1, 0.15) is 10.7 Å². The molecule has 0 fully saturated rings. The number of nitrogens with two attached hydrogens (primary N) is 1. The van der Waals surface area contributed by atoms with Crippen molar-refractivity contribution in [1.82, 2.24) is 4.72 Å². The summed E-state index contributed by atoms with van der Waals surface area (Å²) in [6, 6.07) is 2.29. The molecule has 0 amide bonds. The molecule has 7 heteroatoms. The normalized spacial score (nSPS) is 11.7. The van der Waals surface area contributed by atoms with Crippen LogP contribution in [-0.4, -0.2) is 27.0 Å². The van der Waals surface area contributed by atoms with E-state index in [-0.39, 0.29) is 12.2 Å². The molecule has 0 saturated heterocycles. The Bertz CT molecular complexity index is 518. The maximum absolute atomic E-state index is 13.6. The van der Waals surface area contributed by atoms with Crippen LogP contribution < -0.4 is 10.5 Å². The minimum absolute atomic E-state index is 0.265. The summed E-state index contributed by atoms with van der Waals surface area (Å²) in [6.45, 7) is 1.91. The third kappa shape index (κ3) is 3.86. The maximum atomic E-state index is 13.6. The predicted molar refractivity (Wildman–Crippen MR) is 73.7 cm³/mol. The number of rotatable bonds is 6. The largest absolute Gasteiger partial charge is 0.398 e. The number of aryl methyl sites for hydroxylation is 1. The Kier molecular flexibility index (Phi) is 5.43. The number of thioether (sulfide) groups is 1. The molecule has 0 bridgehead atoms. The Hall–Kier alpha value is -0.790. The Morgan fingerprint density at radius 2 is 2.11 bits per heavy atom. The SMILES string of the molecule is CSCCCNS(=O)(=O)c1cc(N)c(C)cc1F. The van der Waals surface area contributed by atoms with E-state index < -0.39 is 20.7 Å². The van der Waals surface area contributed by atoms with Crippen LogP contribution in [0.15, 0.2) is 17.0 Å². The first-order valence-electron chi connectivity index (χ1n) is 5.42. The van der Waals surface area contributed by atoms with Crippen LogP contribution in [0, 0.1) is 12.7 Å². The van der Waals surface area contributed by atoms with E-state index in [4.69, 9.17) is 5.73 Å². The summed E-state index contributed by atoms with van der Waals surface area (Å²) in [6.07, 6.45) is 2.64. The van der Waals surface area contributed by atoms with Crippen LogP contribution in [0.3, 0.4) is 0 Å². The van der Waals surface area contributed by atoms with Gasteiger partial charge in [-0.3, -0.25) is 0 Å². The molecule has 0 aromatic heterocycles. The highest BCUT2D eigenvalue weighted by atomic mass is 32.2. The fraction of sp³-hybridized carbons (Fsp3) is 0.455. The van der Waals surface area contributed by atoms with Gasteiger partial charge in [0.25, 0.3) is 0 Å². The van der Waals surface area contributed by atoms with Gasteiger partial charge >= 0.3 is 0 Å². The van der Waals surface area contributed by atoms with E-state index in [1.165, 1.54) is 0 Å². The Balaban J connectivity index is 2.88. The van der Waals surface area contributed by atoms with E-state index in [1.54, 1.807) is 18.7 Å². The average molecular weight is 292 g/mol. The molecule has 0 spiro atoms. The van der Waals surface area contributed by atoms with Gasteiger partial charge in [-0.1, -0.05) is 0 Å². The van der Waals surface area contributed by atoms with Crippen molar-refractivity contribution < 1.29 is 12.8 Å². The van der Waals surface area contributed by atoms with E-state index >= 15 is 0 Å². The van der Waals surface area contributed by atoms with Gasteiger partial charge in [0.05, 0.1) is 0 Å². The highest BCUT2D eigenvalue weighted by Gasteiger charge is 2.19. The Morgan fingerprint density at radius 1 is 1.44 bits per heavy atom. The molecule has 0 saturated carbocycles. The topological polar surface area (TPSA) is 72.2 Å². The van der Waals surface area contributed by atoms with Crippen LogP contribution in [0.4, 0.5) is 10.1 Å². The molecule has 0 aliphatic carbocycles. The van der Waals surface area contributed by atoms with Crippen molar-refractivity contribution in [2.45, 2.75) is 18.2 Å². The fourth-order valence-corrected chi connectivity index (χ4v) is 2.97. The number of benzene rings is 1. The summed E-state index contributed by atoms with van der Waals surface area (Å²) >= 11 is 1.63. The molecular formula is C11H17FN2O2S2. The molecule has 0 unspecified atom stereocenters. The van der Waals surface area contributed by atoms with Gasteiger partial charge < -0.3 is 5.73 Å². The third-order valence-corrected chi connectivity index (χ3v) is 4.60. The van der Waals surface area contributed by atoms with Gasteiger partial charge in [0.2, 0.25) is 10.0 Å². The molecule has 3 N–H and O–H groups in total. The molecule has 4 nitrogen and oxygen atoms in total. The molecule has 0 radical (unpaired) electrons. The van der Waals surface area contributed by atoms with Crippen LogP contribution in [0.2, 0.25) is 0 Å². The molecule has 1 aromatic carbocycles.